The number of ether oxygens (including phenoxy) is 1. The molecule has 49 heavy (non-hydrogen) atoms. The number of benzene rings is 2. The van der Waals surface area contributed by atoms with Crippen molar-refractivity contribution in [3.05, 3.63) is 60.2 Å². The van der Waals surface area contributed by atoms with E-state index in [0.717, 1.165) is 54.0 Å². The lowest BCUT2D eigenvalue weighted by Crippen LogP contribution is -2.56. The average Bonchev–Trinajstić information content (AvgIpc) is 3.39. The highest BCUT2D eigenvalue weighted by molar-refractivity contribution is 7.90. The first-order valence-corrected chi connectivity index (χ1v) is 22.2. The van der Waals surface area contributed by atoms with Crippen LogP contribution in [0.3, 0.4) is 0 Å². The van der Waals surface area contributed by atoms with Crippen LogP contribution in [0.15, 0.2) is 53.7 Å². The highest BCUT2D eigenvalue weighted by atomic mass is 32.2. The van der Waals surface area contributed by atoms with Crippen LogP contribution in [-0.2, 0) is 26.1 Å². The normalized spacial score (nSPS) is 17.0. The van der Waals surface area contributed by atoms with E-state index >= 15 is 4.39 Å². The van der Waals surface area contributed by atoms with E-state index in [-0.39, 0.29) is 36.4 Å². The highest BCUT2D eigenvalue weighted by Crippen LogP contribution is 2.36. The fourth-order valence-electron chi connectivity index (χ4n) is 6.20. The fraction of sp³-hybridized carbons (Fsp3) is 0.457. The van der Waals surface area contributed by atoms with Crippen LogP contribution in [0.1, 0.15) is 19.4 Å². The van der Waals surface area contributed by atoms with Crippen molar-refractivity contribution in [3.8, 4) is 11.3 Å². The Labute approximate surface area is 289 Å². The van der Waals surface area contributed by atoms with Crippen molar-refractivity contribution in [1.29, 1.82) is 0 Å². The number of amides is 1. The molecule has 2 N–H and O–H groups in total. The van der Waals surface area contributed by atoms with E-state index in [2.05, 4.69) is 59.0 Å². The number of nitrogens with one attached hydrogen (secondary N) is 2. The lowest BCUT2D eigenvalue weighted by molar-refractivity contribution is -0.122. The molecule has 0 aliphatic carbocycles. The number of carbonyl (C=O) groups excluding carboxylic acids is 1. The van der Waals surface area contributed by atoms with E-state index in [1.54, 1.807) is 6.20 Å². The number of piperazine rings is 1. The van der Waals surface area contributed by atoms with Gasteiger partial charge in [0.25, 0.3) is 0 Å². The Morgan fingerprint density at radius 2 is 1.86 bits per heavy atom. The molecule has 14 heteroatoms. The Hall–Kier alpha value is -3.69. The van der Waals surface area contributed by atoms with E-state index < -0.39 is 28.6 Å². The van der Waals surface area contributed by atoms with Gasteiger partial charge in [0.2, 0.25) is 11.9 Å². The van der Waals surface area contributed by atoms with Crippen LogP contribution in [0.2, 0.25) is 25.7 Å². The Balaban J connectivity index is 1.52. The molecule has 1 aliphatic rings. The van der Waals surface area contributed by atoms with Gasteiger partial charge in [0, 0.05) is 70.0 Å². The summed E-state index contributed by atoms with van der Waals surface area (Å²) >= 11 is 0. The maximum Gasteiger partial charge on any atom is 0.241 e. The van der Waals surface area contributed by atoms with Crippen molar-refractivity contribution < 1.29 is 22.3 Å². The average molecular weight is 710 g/mol. The summed E-state index contributed by atoms with van der Waals surface area (Å²) < 4.78 is 47.6. The molecule has 0 spiro atoms. The molecule has 1 amide bonds. The van der Waals surface area contributed by atoms with Gasteiger partial charge in [-0.15, -0.1) is 0 Å². The maximum atomic E-state index is 15.2. The summed E-state index contributed by atoms with van der Waals surface area (Å²) in [7, 11) is -2.99. The number of nitrogens with zero attached hydrogens (tertiary/aromatic N) is 5. The second kappa shape index (κ2) is 14.7. The molecular formula is C35H48FN7O4SSi. The Kier molecular flexibility index (Phi) is 10.9. The Morgan fingerprint density at radius 1 is 1.14 bits per heavy atom. The fourth-order valence-corrected chi connectivity index (χ4v) is 7.72. The van der Waals surface area contributed by atoms with Gasteiger partial charge in [-0.05, 0) is 57.6 Å². The smallest absolute Gasteiger partial charge is 0.241 e. The molecular weight excluding hydrogens is 662 g/mol. The molecule has 2 aromatic heterocycles. The topological polar surface area (TPSA) is 122 Å². The zero-order chi connectivity index (χ0) is 35.7. The minimum atomic E-state index is -3.78. The van der Waals surface area contributed by atoms with Crippen molar-refractivity contribution in [1.82, 2.24) is 24.3 Å². The van der Waals surface area contributed by atoms with Crippen LogP contribution in [0, 0.1) is 12.7 Å². The first-order valence-electron chi connectivity index (χ1n) is 16.6. The third kappa shape index (κ3) is 8.55. The van der Waals surface area contributed by atoms with E-state index in [9.17, 15) is 13.2 Å². The predicted octanol–water partition coefficient (Wildman–Crippen LogP) is 5.97. The van der Waals surface area contributed by atoms with Gasteiger partial charge < -0.3 is 24.8 Å². The molecule has 0 radical (unpaired) electrons. The zero-order valence-electron chi connectivity index (χ0n) is 29.7. The van der Waals surface area contributed by atoms with E-state index in [0.29, 0.717) is 18.0 Å². The Bertz CT molecular complexity index is 1950. The first kappa shape index (κ1) is 36.6. The number of fused-ring (bicyclic) bond motifs is 1. The van der Waals surface area contributed by atoms with Crippen molar-refractivity contribution >= 4 is 52.0 Å². The van der Waals surface area contributed by atoms with Crippen LogP contribution in [0.4, 0.5) is 21.7 Å². The second-order valence-corrected chi connectivity index (χ2v) is 21.9. The molecule has 4 aromatic rings. The zero-order valence-corrected chi connectivity index (χ0v) is 31.5. The molecule has 1 saturated heterocycles. The minimum absolute atomic E-state index is 0.0512. The number of rotatable bonds is 12. The number of hydrogen-bond donors (Lipinski definition) is 2. The van der Waals surface area contributed by atoms with Crippen molar-refractivity contribution in [2.45, 2.75) is 70.2 Å². The summed E-state index contributed by atoms with van der Waals surface area (Å²) in [5, 5.41) is 6.93. The van der Waals surface area contributed by atoms with E-state index in [4.69, 9.17) is 9.72 Å². The van der Waals surface area contributed by atoms with Crippen LogP contribution in [0.25, 0.3) is 22.2 Å². The van der Waals surface area contributed by atoms with Gasteiger partial charge in [-0.25, -0.2) is 22.8 Å². The summed E-state index contributed by atoms with van der Waals surface area (Å²) in [6.07, 6.45) is 4.57. The first-order chi connectivity index (χ1) is 23.0. The molecule has 11 nitrogen and oxygen atoms in total. The van der Waals surface area contributed by atoms with Gasteiger partial charge in [0.05, 0.1) is 28.6 Å². The molecule has 0 saturated carbocycles. The number of aromatic nitrogens is 3. The lowest BCUT2D eigenvalue weighted by Gasteiger charge is -2.41. The third-order valence-electron chi connectivity index (χ3n) is 8.98. The molecule has 5 rings (SSSR count). The molecule has 2 aromatic carbocycles. The number of likely N-dealkylation sites (N-methyl/N-ethyl adjacent to an activating group) is 1. The summed E-state index contributed by atoms with van der Waals surface area (Å²) in [5.74, 6) is -0.874. The molecule has 1 fully saturated rings. The van der Waals surface area contributed by atoms with E-state index in [1.807, 2.05) is 42.8 Å². The van der Waals surface area contributed by atoms with Gasteiger partial charge >= 0.3 is 0 Å². The second-order valence-electron chi connectivity index (χ2n) is 14.3. The number of halogens is 1. The van der Waals surface area contributed by atoms with Crippen LogP contribution < -0.4 is 10.6 Å². The van der Waals surface area contributed by atoms with Crippen LogP contribution in [-0.4, -0.2) is 98.4 Å². The maximum absolute atomic E-state index is 15.2. The van der Waals surface area contributed by atoms with Gasteiger partial charge in [0.15, 0.2) is 15.7 Å². The molecule has 1 aliphatic heterocycles. The van der Waals surface area contributed by atoms with Gasteiger partial charge in [0.1, 0.15) is 11.6 Å². The van der Waals surface area contributed by atoms with E-state index in [1.165, 1.54) is 18.2 Å². The number of carbonyl (C=O) groups is 1. The number of sulfone groups is 1. The summed E-state index contributed by atoms with van der Waals surface area (Å²) in [5.41, 5.74) is 3.59. The van der Waals surface area contributed by atoms with Gasteiger partial charge in [-0.1, -0.05) is 37.8 Å². The predicted molar refractivity (Wildman–Crippen MR) is 196 cm³/mol. The van der Waals surface area contributed by atoms with Gasteiger partial charge in [-0.2, -0.15) is 0 Å². The van der Waals surface area contributed by atoms with Crippen molar-refractivity contribution in [2.24, 2.45) is 0 Å². The van der Waals surface area contributed by atoms with Crippen molar-refractivity contribution in [2.75, 3.05) is 50.2 Å². The third-order valence-corrected chi connectivity index (χ3v) is 11.8. The molecule has 264 valence electrons. The summed E-state index contributed by atoms with van der Waals surface area (Å²) in [6.45, 7) is 16.4. The quantitative estimate of drug-likeness (QED) is 0.135. The van der Waals surface area contributed by atoms with Gasteiger partial charge in [-0.3, -0.25) is 9.69 Å². The minimum Gasteiger partial charge on any atom is -0.361 e. The number of anilines is 3. The molecule has 3 heterocycles. The Morgan fingerprint density at radius 3 is 2.55 bits per heavy atom. The van der Waals surface area contributed by atoms with Crippen molar-refractivity contribution in [3.63, 3.8) is 0 Å². The molecule has 2 atom stereocenters. The molecule has 0 bridgehead atoms. The molecule has 1 unspecified atom stereocenters. The lowest BCUT2D eigenvalue weighted by atomic mass is 10.1. The van der Waals surface area contributed by atoms with Crippen LogP contribution in [0.5, 0.6) is 0 Å². The standard InChI is InChI=1S/C35H48FN7O4SSi/c1-23-19-37-35(39-28-12-10-14-30(31(28)36)48(5,45)46)40-32(23)27-21-42(22-47-17-18-49(6,7)8)33-26(27)11-9-13-29(33)38-34(44)25(3)43-16-15-41(4)20-24(43)2/h9-14,19,21,24-25H,15-18,20,22H2,1-8H3,(H,38,44)(H,37,39,40)/t24-,25?/m1/s1. The van der Waals surface area contributed by atoms with Crippen LogP contribution >= 0.6 is 0 Å². The largest absolute Gasteiger partial charge is 0.361 e. The summed E-state index contributed by atoms with van der Waals surface area (Å²) in [6, 6.07) is 10.9. The highest BCUT2D eigenvalue weighted by Gasteiger charge is 2.30. The number of para-hydroxylation sites is 1. The number of aryl methyl sites for hydroxylation is 1. The summed E-state index contributed by atoms with van der Waals surface area (Å²) in [4.78, 5) is 27.0. The number of hydrogen-bond acceptors (Lipinski definition) is 9. The SMILES string of the molecule is Cc1cnc(Nc2cccc(S(C)(=O)=O)c2F)nc1-c1cn(COCC[Si](C)(C)C)c2c(NC(=O)C(C)N3CCN(C)C[C@H]3C)cccc12. The monoisotopic (exact) mass is 709 g/mol.